The van der Waals surface area contributed by atoms with Crippen molar-refractivity contribution in [3.8, 4) is 5.75 Å². The Labute approximate surface area is 224 Å². The number of amides is 1. The molecule has 1 N–H and O–H groups in total. The number of nitrogens with one attached hydrogen (secondary N) is 1. The Hall–Kier alpha value is -3.85. The molecule has 2 unspecified atom stereocenters. The van der Waals surface area contributed by atoms with E-state index < -0.39 is 17.7 Å². The Morgan fingerprint density at radius 3 is 2.66 bits per heavy atom. The van der Waals surface area contributed by atoms with E-state index in [9.17, 15) is 14.0 Å². The van der Waals surface area contributed by atoms with Gasteiger partial charge in [-0.2, -0.15) is 0 Å². The zero-order valence-corrected chi connectivity index (χ0v) is 22.1. The minimum Gasteiger partial charge on any atom is -0.489 e. The molecule has 2 aromatic carbocycles. The van der Waals surface area contributed by atoms with E-state index in [2.05, 4.69) is 9.97 Å². The van der Waals surface area contributed by atoms with Crippen LogP contribution in [0, 0.1) is 5.82 Å². The molecule has 5 rings (SSSR count). The van der Waals surface area contributed by atoms with Gasteiger partial charge >= 0.3 is 6.09 Å². The number of hydrogen-bond donors (Lipinski definition) is 1. The van der Waals surface area contributed by atoms with Crippen LogP contribution in [-0.2, 0) is 11.3 Å². The number of aromatic nitrogens is 2. The third-order valence-electron chi connectivity index (χ3n) is 6.11. The number of H-pyrrole nitrogens is 1. The number of benzene rings is 2. The Balaban J connectivity index is 1.39. The average molecular weight is 534 g/mol. The predicted octanol–water partition coefficient (Wildman–Crippen LogP) is 6.52. The second-order valence-corrected chi connectivity index (χ2v) is 11.2. The number of ketones is 1. The molecular formula is C29H28FN3O4S. The van der Waals surface area contributed by atoms with E-state index in [4.69, 9.17) is 9.47 Å². The summed E-state index contributed by atoms with van der Waals surface area (Å²) >= 11 is 1.52. The van der Waals surface area contributed by atoms with Crippen LogP contribution >= 0.6 is 11.8 Å². The minimum atomic E-state index is -0.706. The maximum atomic E-state index is 13.8. The predicted molar refractivity (Wildman–Crippen MR) is 145 cm³/mol. The highest BCUT2D eigenvalue weighted by Gasteiger charge is 2.44. The van der Waals surface area contributed by atoms with Crippen molar-refractivity contribution in [2.75, 3.05) is 5.75 Å². The van der Waals surface area contributed by atoms with Gasteiger partial charge in [-0.3, -0.25) is 14.7 Å². The maximum absolute atomic E-state index is 13.8. The monoisotopic (exact) mass is 533 g/mol. The van der Waals surface area contributed by atoms with Crippen molar-refractivity contribution >= 4 is 34.5 Å². The molecule has 0 saturated carbocycles. The Morgan fingerprint density at radius 1 is 1.16 bits per heavy atom. The standard InChI is InChI=1S/C29H28FN3O4S/c1-29(2,3)37-28(35)33-25(17-38-27(33)19-5-4-12-31-14-19)26(34)23-15-32-24-13-21(10-11-22(23)24)36-16-18-6-8-20(30)9-7-18/h4-15,25,27,32H,16-17H2,1-3H3. The summed E-state index contributed by atoms with van der Waals surface area (Å²) < 4.78 is 24.7. The molecule has 0 bridgehead atoms. The Bertz CT molecular complexity index is 1450. The number of pyridine rings is 1. The van der Waals surface area contributed by atoms with Crippen molar-refractivity contribution in [2.45, 2.75) is 44.4 Å². The number of thioether (sulfide) groups is 1. The molecule has 1 aliphatic heterocycles. The molecule has 2 atom stereocenters. The summed E-state index contributed by atoms with van der Waals surface area (Å²) in [5, 5.41) is 0.354. The van der Waals surface area contributed by atoms with Gasteiger partial charge < -0.3 is 14.5 Å². The number of carbonyl (C=O) groups is 2. The topological polar surface area (TPSA) is 84.5 Å². The van der Waals surface area contributed by atoms with Crippen LogP contribution in [0.2, 0.25) is 0 Å². The highest BCUT2D eigenvalue weighted by atomic mass is 32.2. The van der Waals surface area contributed by atoms with Crippen molar-refractivity contribution < 1.29 is 23.5 Å². The number of aromatic amines is 1. The number of carbonyl (C=O) groups excluding carboxylic acids is 2. The molecule has 3 heterocycles. The van der Waals surface area contributed by atoms with Gasteiger partial charge in [0.2, 0.25) is 0 Å². The third kappa shape index (κ3) is 5.52. The van der Waals surface area contributed by atoms with Gasteiger partial charge in [0.15, 0.2) is 5.78 Å². The van der Waals surface area contributed by atoms with Gasteiger partial charge in [0.1, 0.15) is 35.2 Å². The lowest BCUT2D eigenvalue weighted by atomic mass is 10.0. The number of hydrogen-bond acceptors (Lipinski definition) is 6. The van der Waals surface area contributed by atoms with Gasteiger partial charge in [0, 0.05) is 52.4 Å². The van der Waals surface area contributed by atoms with Gasteiger partial charge in [-0.25, -0.2) is 9.18 Å². The highest BCUT2D eigenvalue weighted by Crippen LogP contribution is 2.43. The van der Waals surface area contributed by atoms with Crippen LogP contribution < -0.4 is 4.74 Å². The molecule has 9 heteroatoms. The molecule has 196 valence electrons. The average Bonchev–Trinajstić information content (AvgIpc) is 3.52. The first kappa shape index (κ1) is 25.8. The fourth-order valence-corrected chi connectivity index (χ4v) is 5.75. The minimum absolute atomic E-state index is 0.166. The summed E-state index contributed by atoms with van der Waals surface area (Å²) in [5.41, 5.74) is 2.21. The molecule has 1 amide bonds. The summed E-state index contributed by atoms with van der Waals surface area (Å²) in [5.74, 6) is 0.590. The summed E-state index contributed by atoms with van der Waals surface area (Å²) in [7, 11) is 0. The summed E-state index contributed by atoms with van der Waals surface area (Å²) in [4.78, 5) is 36.1. The van der Waals surface area contributed by atoms with Crippen LogP contribution in [0.4, 0.5) is 9.18 Å². The van der Waals surface area contributed by atoms with E-state index in [0.717, 1.165) is 22.0 Å². The lowest BCUT2D eigenvalue weighted by molar-refractivity contribution is 0.0173. The van der Waals surface area contributed by atoms with Crippen molar-refractivity contribution in [3.63, 3.8) is 0 Å². The molecular weight excluding hydrogens is 505 g/mol. The largest absolute Gasteiger partial charge is 0.489 e. The molecule has 7 nitrogen and oxygen atoms in total. The van der Waals surface area contributed by atoms with Gasteiger partial charge in [-0.1, -0.05) is 18.2 Å². The van der Waals surface area contributed by atoms with Gasteiger partial charge in [0.25, 0.3) is 0 Å². The van der Waals surface area contributed by atoms with Gasteiger partial charge in [0.05, 0.1) is 0 Å². The van der Waals surface area contributed by atoms with Crippen LogP contribution in [0.3, 0.4) is 0 Å². The molecule has 0 spiro atoms. The molecule has 1 saturated heterocycles. The van der Waals surface area contributed by atoms with Crippen LogP contribution in [-0.4, -0.2) is 44.1 Å². The van der Waals surface area contributed by atoms with Crippen LogP contribution in [0.5, 0.6) is 5.75 Å². The van der Waals surface area contributed by atoms with E-state index in [1.807, 2.05) is 24.3 Å². The molecule has 0 radical (unpaired) electrons. The van der Waals surface area contributed by atoms with E-state index >= 15 is 0 Å². The second-order valence-electron chi connectivity index (χ2n) is 10.1. The lowest BCUT2D eigenvalue weighted by Crippen LogP contribution is -2.45. The number of nitrogens with zero attached hydrogens (tertiary/aromatic N) is 2. The number of Topliss-reactive ketones (excluding diaryl/α,β-unsaturated/α-hetero) is 1. The van der Waals surface area contributed by atoms with E-state index in [-0.39, 0.29) is 23.6 Å². The number of fused-ring (bicyclic) bond motifs is 1. The number of ether oxygens (including phenoxy) is 2. The van der Waals surface area contributed by atoms with E-state index in [1.54, 1.807) is 57.6 Å². The fourth-order valence-electron chi connectivity index (χ4n) is 4.35. The zero-order chi connectivity index (χ0) is 26.9. The van der Waals surface area contributed by atoms with Crippen LogP contribution in [0.1, 0.15) is 47.6 Å². The summed E-state index contributed by atoms with van der Waals surface area (Å²) in [6.45, 7) is 5.70. The van der Waals surface area contributed by atoms with Crippen molar-refractivity contribution in [1.82, 2.24) is 14.9 Å². The highest BCUT2D eigenvalue weighted by molar-refractivity contribution is 7.99. The zero-order valence-electron chi connectivity index (χ0n) is 21.3. The molecule has 38 heavy (non-hydrogen) atoms. The second kappa shape index (κ2) is 10.5. The Kier molecular flexibility index (Phi) is 7.12. The first-order valence-electron chi connectivity index (χ1n) is 12.2. The molecule has 1 aliphatic rings. The van der Waals surface area contributed by atoms with Gasteiger partial charge in [-0.05, 0) is 56.7 Å². The van der Waals surface area contributed by atoms with Crippen molar-refractivity contribution in [3.05, 3.63) is 95.7 Å². The van der Waals surface area contributed by atoms with E-state index in [1.165, 1.54) is 28.8 Å². The lowest BCUT2D eigenvalue weighted by Gasteiger charge is -2.31. The van der Waals surface area contributed by atoms with Crippen LogP contribution in [0.15, 0.2) is 73.2 Å². The first-order valence-corrected chi connectivity index (χ1v) is 13.3. The molecule has 1 fully saturated rings. The Morgan fingerprint density at radius 2 is 1.95 bits per heavy atom. The summed E-state index contributed by atoms with van der Waals surface area (Å²) in [6, 6.07) is 14.6. The molecule has 0 aliphatic carbocycles. The maximum Gasteiger partial charge on any atom is 0.412 e. The first-order chi connectivity index (χ1) is 18.2. The quantitative estimate of drug-likeness (QED) is 0.284. The fraction of sp³-hybridized carbons (Fsp3) is 0.276. The van der Waals surface area contributed by atoms with Crippen molar-refractivity contribution in [1.29, 1.82) is 0 Å². The van der Waals surface area contributed by atoms with Gasteiger partial charge in [-0.15, -0.1) is 11.8 Å². The van der Waals surface area contributed by atoms with E-state index in [0.29, 0.717) is 17.1 Å². The molecule has 4 aromatic rings. The normalized spacial score (nSPS) is 17.5. The third-order valence-corrected chi connectivity index (χ3v) is 7.44. The number of rotatable bonds is 6. The smallest absolute Gasteiger partial charge is 0.412 e. The SMILES string of the molecule is CC(C)(C)OC(=O)N1C(C(=O)c2c[nH]c3cc(OCc4ccc(F)cc4)ccc23)CSC1c1cccnc1. The summed E-state index contributed by atoms with van der Waals surface area (Å²) in [6.07, 6.45) is 4.52. The van der Waals surface area contributed by atoms with Crippen LogP contribution in [0.25, 0.3) is 10.9 Å². The molecule has 2 aromatic heterocycles. The van der Waals surface area contributed by atoms with Crippen molar-refractivity contribution in [2.24, 2.45) is 0 Å². The number of halogens is 1.